The molecule has 0 atom stereocenters. The second-order valence-electron chi connectivity index (χ2n) is 5.59. The molecule has 0 unspecified atom stereocenters. The lowest BCUT2D eigenvalue weighted by molar-refractivity contribution is 0.290. The molecular formula is C19H19ClN4O3S. The van der Waals surface area contributed by atoms with Gasteiger partial charge in [0.05, 0.1) is 19.9 Å². The van der Waals surface area contributed by atoms with Crippen LogP contribution in [0.25, 0.3) is 0 Å². The molecule has 9 heteroatoms. The standard InChI is InChI=1S/C19H19ClN4O3S/c1-3-26-16-9-4-13(10-17(16)25-2)11-21-24-18(22-23-19(24)28)12-27-15-7-5-14(20)6-8-15/h4-11H,3,12H2,1-2H3,(H,23,28)/b21-11-. The first-order valence-electron chi connectivity index (χ1n) is 8.50. The summed E-state index contributed by atoms with van der Waals surface area (Å²) in [5.74, 6) is 2.52. The summed E-state index contributed by atoms with van der Waals surface area (Å²) in [6, 6.07) is 12.6. The summed E-state index contributed by atoms with van der Waals surface area (Å²) in [6.07, 6.45) is 1.66. The summed E-state index contributed by atoms with van der Waals surface area (Å²) in [5, 5.41) is 11.9. The van der Waals surface area contributed by atoms with E-state index in [2.05, 4.69) is 15.3 Å². The largest absolute Gasteiger partial charge is 0.493 e. The Hall–Kier alpha value is -2.84. The molecule has 1 heterocycles. The van der Waals surface area contributed by atoms with Crippen LogP contribution in [0.2, 0.25) is 5.02 Å². The first-order valence-corrected chi connectivity index (χ1v) is 9.29. The molecule has 1 N–H and O–H groups in total. The number of hydrogen-bond acceptors (Lipinski definition) is 6. The number of aromatic nitrogens is 3. The second-order valence-corrected chi connectivity index (χ2v) is 6.41. The maximum absolute atomic E-state index is 5.88. The van der Waals surface area contributed by atoms with Crippen LogP contribution in [0.4, 0.5) is 0 Å². The lowest BCUT2D eigenvalue weighted by Gasteiger charge is -2.09. The van der Waals surface area contributed by atoms with Gasteiger partial charge in [0, 0.05) is 5.02 Å². The maximum atomic E-state index is 5.88. The van der Waals surface area contributed by atoms with Gasteiger partial charge in [-0.3, -0.25) is 0 Å². The van der Waals surface area contributed by atoms with Gasteiger partial charge in [0.25, 0.3) is 0 Å². The van der Waals surface area contributed by atoms with Crippen molar-refractivity contribution in [3.8, 4) is 17.2 Å². The Bertz CT molecular complexity index is 1010. The van der Waals surface area contributed by atoms with E-state index in [1.54, 1.807) is 37.6 Å². The minimum absolute atomic E-state index is 0.193. The molecule has 3 aromatic rings. The van der Waals surface area contributed by atoms with Crippen LogP contribution in [0.15, 0.2) is 47.6 Å². The number of aromatic amines is 1. The first-order chi connectivity index (χ1) is 13.6. The van der Waals surface area contributed by atoms with E-state index in [0.29, 0.717) is 39.5 Å². The van der Waals surface area contributed by atoms with E-state index in [1.807, 2.05) is 25.1 Å². The van der Waals surface area contributed by atoms with Crippen molar-refractivity contribution in [1.82, 2.24) is 14.9 Å². The van der Waals surface area contributed by atoms with Crippen molar-refractivity contribution >= 4 is 30.0 Å². The summed E-state index contributed by atoms with van der Waals surface area (Å²) in [6.45, 7) is 2.67. The number of halogens is 1. The fraction of sp³-hybridized carbons (Fsp3) is 0.211. The van der Waals surface area contributed by atoms with Gasteiger partial charge >= 0.3 is 0 Å². The van der Waals surface area contributed by atoms with Gasteiger partial charge in [-0.2, -0.15) is 14.9 Å². The van der Waals surface area contributed by atoms with E-state index in [9.17, 15) is 0 Å². The molecule has 0 aliphatic heterocycles. The summed E-state index contributed by atoms with van der Waals surface area (Å²) in [4.78, 5) is 0. The molecule has 0 fully saturated rings. The minimum atomic E-state index is 0.193. The summed E-state index contributed by atoms with van der Waals surface area (Å²) >= 11 is 11.1. The molecule has 0 aliphatic carbocycles. The summed E-state index contributed by atoms with van der Waals surface area (Å²) in [5.41, 5.74) is 0.827. The Kier molecular flexibility index (Phi) is 6.67. The van der Waals surface area contributed by atoms with E-state index in [0.717, 1.165) is 5.56 Å². The van der Waals surface area contributed by atoms with Crippen LogP contribution in [0.3, 0.4) is 0 Å². The number of H-pyrrole nitrogens is 1. The molecule has 2 aromatic carbocycles. The van der Waals surface area contributed by atoms with E-state index in [1.165, 1.54) is 4.68 Å². The van der Waals surface area contributed by atoms with Gasteiger partial charge in [0.15, 0.2) is 17.3 Å². The van der Waals surface area contributed by atoms with Gasteiger partial charge in [-0.1, -0.05) is 11.6 Å². The van der Waals surface area contributed by atoms with Crippen molar-refractivity contribution in [2.45, 2.75) is 13.5 Å². The van der Waals surface area contributed by atoms with Crippen LogP contribution >= 0.6 is 23.8 Å². The number of benzene rings is 2. The fourth-order valence-corrected chi connectivity index (χ4v) is 2.70. The molecule has 3 rings (SSSR count). The monoisotopic (exact) mass is 418 g/mol. The van der Waals surface area contributed by atoms with Crippen LogP contribution < -0.4 is 14.2 Å². The number of hydrogen-bond donors (Lipinski definition) is 1. The molecule has 0 bridgehead atoms. The Morgan fingerprint density at radius 3 is 2.68 bits per heavy atom. The molecular weight excluding hydrogens is 400 g/mol. The minimum Gasteiger partial charge on any atom is -0.493 e. The number of rotatable bonds is 8. The van der Waals surface area contributed by atoms with E-state index in [4.69, 9.17) is 38.0 Å². The van der Waals surface area contributed by atoms with Crippen molar-refractivity contribution in [2.24, 2.45) is 5.10 Å². The Morgan fingerprint density at radius 2 is 1.96 bits per heavy atom. The van der Waals surface area contributed by atoms with Crippen LogP contribution in [0.5, 0.6) is 17.2 Å². The lowest BCUT2D eigenvalue weighted by Crippen LogP contribution is -2.04. The predicted octanol–water partition coefficient (Wildman–Crippen LogP) is 4.46. The normalized spacial score (nSPS) is 11.0. The van der Waals surface area contributed by atoms with Gasteiger partial charge in [-0.05, 0) is 67.2 Å². The number of nitrogens with one attached hydrogen (secondary N) is 1. The number of nitrogens with zero attached hydrogens (tertiary/aromatic N) is 3. The first kappa shape index (κ1) is 19.9. The molecule has 28 heavy (non-hydrogen) atoms. The highest BCUT2D eigenvalue weighted by atomic mass is 35.5. The van der Waals surface area contributed by atoms with Crippen molar-refractivity contribution in [1.29, 1.82) is 0 Å². The zero-order valence-electron chi connectivity index (χ0n) is 15.4. The average molecular weight is 419 g/mol. The van der Waals surface area contributed by atoms with Crippen molar-refractivity contribution in [3.05, 3.63) is 63.6 Å². The molecule has 146 valence electrons. The molecule has 1 aromatic heterocycles. The van der Waals surface area contributed by atoms with Gasteiger partial charge in [-0.25, -0.2) is 5.10 Å². The van der Waals surface area contributed by atoms with Crippen LogP contribution in [-0.2, 0) is 6.61 Å². The Balaban J connectivity index is 1.76. The summed E-state index contributed by atoms with van der Waals surface area (Å²) < 4.78 is 18.5. The lowest BCUT2D eigenvalue weighted by atomic mass is 10.2. The third kappa shape index (κ3) is 4.90. The van der Waals surface area contributed by atoms with Gasteiger partial charge < -0.3 is 14.2 Å². The van der Waals surface area contributed by atoms with Crippen LogP contribution in [0, 0.1) is 4.77 Å². The zero-order chi connectivity index (χ0) is 19.9. The topological polar surface area (TPSA) is 73.7 Å². The highest BCUT2D eigenvalue weighted by molar-refractivity contribution is 7.71. The fourth-order valence-electron chi connectivity index (χ4n) is 2.38. The molecule has 0 radical (unpaired) electrons. The van der Waals surface area contributed by atoms with E-state index in [-0.39, 0.29) is 6.61 Å². The highest BCUT2D eigenvalue weighted by Gasteiger charge is 2.07. The third-order valence-electron chi connectivity index (χ3n) is 3.71. The van der Waals surface area contributed by atoms with Crippen molar-refractivity contribution in [3.63, 3.8) is 0 Å². The predicted molar refractivity (Wildman–Crippen MR) is 110 cm³/mol. The van der Waals surface area contributed by atoms with E-state index >= 15 is 0 Å². The molecule has 0 spiro atoms. The molecule has 0 saturated heterocycles. The Morgan fingerprint density at radius 1 is 1.18 bits per heavy atom. The van der Waals surface area contributed by atoms with Crippen LogP contribution in [0.1, 0.15) is 18.3 Å². The summed E-state index contributed by atoms with van der Waals surface area (Å²) in [7, 11) is 1.59. The van der Waals surface area contributed by atoms with Crippen LogP contribution in [-0.4, -0.2) is 34.8 Å². The molecule has 7 nitrogen and oxygen atoms in total. The molecule has 0 amide bonds. The second kappa shape index (κ2) is 9.38. The zero-order valence-corrected chi connectivity index (χ0v) is 17.0. The smallest absolute Gasteiger partial charge is 0.216 e. The Labute approximate surface area is 172 Å². The highest BCUT2D eigenvalue weighted by Crippen LogP contribution is 2.27. The van der Waals surface area contributed by atoms with Crippen molar-refractivity contribution < 1.29 is 14.2 Å². The molecule has 0 aliphatic rings. The van der Waals surface area contributed by atoms with Crippen molar-refractivity contribution in [2.75, 3.05) is 13.7 Å². The third-order valence-corrected chi connectivity index (χ3v) is 4.23. The average Bonchev–Trinajstić information content (AvgIpc) is 3.06. The number of ether oxygens (including phenoxy) is 3. The molecule has 0 saturated carbocycles. The van der Waals surface area contributed by atoms with Gasteiger partial charge in [0.1, 0.15) is 12.4 Å². The van der Waals surface area contributed by atoms with Gasteiger partial charge in [0.2, 0.25) is 4.77 Å². The van der Waals surface area contributed by atoms with E-state index < -0.39 is 0 Å². The quantitative estimate of drug-likeness (QED) is 0.431. The maximum Gasteiger partial charge on any atom is 0.216 e. The number of methoxy groups -OCH3 is 1. The van der Waals surface area contributed by atoms with Gasteiger partial charge in [-0.15, -0.1) is 0 Å². The SMILES string of the molecule is CCOc1ccc(/C=N\n2c(COc3ccc(Cl)cc3)n[nH]c2=S)cc1OC.